The van der Waals surface area contributed by atoms with Crippen molar-refractivity contribution in [3.05, 3.63) is 34.9 Å². The van der Waals surface area contributed by atoms with Crippen LogP contribution in [0.5, 0.6) is 0 Å². The number of halogens is 1. The lowest BCUT2D eigenvalue weighted by Crippen LogP contribution is -2.40. The smallest absolute Gasteiger partial charge is 0.0503 e. The summed E-state index contributed by atoms with van der Waals surface area (Å²) in [5, 5.41) is 4.20. The quantitative estimate of drug-likeness (QED) is 0.792. The Balaban J connectivity index is 2.76. The monoisotopic (exact) mass is 301 g/mol. The van der Waals surface area contributed by atoms with Crippen LogP contribution in [0.4, 0.5) is 0 Å². The molecule has 0 bridgehead atoms. The summed E-state index contributed by atoms with van der Waals surface area (Å²) in [6.07, 6.45) is 3.08. The lowest BCUT2D eigenvalue weighted by Gasteiger charge is -2.25. The van der Waals surface area contributed by atoms with Crippen LogP contribution in [0.1, 0.15) is 38.7 Å². The Morgan fingerprint density at radius 1 is 1.32 bits per heavy atom. The summed E-state index contributed by atoms with van der Waals surface area (Å²) in [5.74, 6) is 0.542. The highest BCUT2D eigenvalue weighted by molar-refractivity contribution is 7.84. The van der Waals surface area contributed by atoms with Gasteiger partial charge in [-0.15, -0.1) is 0 Å². The highest BCUT2D eigenvalue weighted by Gasteiger charge is 2.24. The van der Waals surface area contributed by atoms with E-state index >= 15 is 0 Å². The molecule has 108 valence electrons. The number of rotatable bonds is 8. The van der Waals surface area contributed by atoms with E-state index in [1.54, 1.807) is 0 Å². The van der Waals surface area contributed by atoms with Crippen LogP contribution in [0.15, 0.2) is 24.3 Å². The SMILES string of the molecule is CCCC(NC)C(CC)S(=O)Cc1ccccc1Cl. The van der Waals surface area contributed by atoms with Gasteiger partial charge in [-0.05, 0) is 31.5 Å². The Bertz CT molecular complexity index is 411. The molecule has 1 N–H and O–H groups in total. The van der Waals surface area contributed by atoms with E-state index in [-0.39, 0.29) is 5.25 Å². The third kappa shape index (κ3) is 4.90. The standard InChI is InChI=1S/C15H24ClNOS/c1-4-8-14(17-3)15(5-2)19(18)11-12-9-6-7-10-13(12)16/h6-7,9-10,14-15,17H,4-5,8,11H2,1-3H3. The van der Waals surface area contributed by atoms with E-state index in [9.17, 15) is 4.21 Å². The van der Waals surface area contributed by atoms with Gasteiger partial charge < -0.3 is 5.32 Å². The summed E-state index contributed by atoms with van der Waals surface area (Å²) in [6, 6.07) is 7.98. The first kappa shape index (κ1) is 16.7. The van der Waals surface area contributed by atoms with Gasteiger partial charge in [0.2, 0.25) is 0 Å². The number of hydrogen-bond donors (Lipinski definition) is 1. The van der Waals surface area contributed by atoms with E-state index in [1.165, 1.54) is 0 Å². The maximum absolute atomic E-state index is 12.6. The average Bonchev–Trinajstić information content (AvgIpc) is 2.41. The van der Waals surface area contributed by atoms with Gasteiger partial charge in [-0.2, -0.15) is 0 Å². The first-order chi connectivity index (χ1) is 9.13. The van der Waals surface area contributed by atoms with Crippen molar-refractivity contribution in [2.24, 2.45) is 0 Å². The minimum Gasteiger partial charge on any atom is -0.316 e. The van der Waals surface area contributed by atoms with Gasteiger partial charge in [-0.3, -0.25) is 4.21 Å². The predicted molar refractivity (Wildman–Crippen MR) is 85.1 cm³/mol. The Labute approximate surface area is 124 Å². The maximum atomic E-state index is 12.6. The fraction of sp³-hybridized carbons (Fsp3) is 0.600. The fourth-order valence-electron chi connectivity index (χ4n) is 2.36. The van der Waals surface area contributed by atoms with Crippen LogP contribution in [0.2, 0.25) is 5.02 Å². The van der Waals surface area contributed by atoms with Gasteiger partial charge >= 0.3 is 0 Å². The third-order valence-electron chi connectivity index (χ3n) is 3.41. The fourth-order valence-corrected chi connectivity index (χ4v) is 4.42. The Morgan fingerprint density at radius 3 is 2.53 bits per heavy atom. The number of benzene rings is 1. The van der Waals surface area contributed by atoms with Crippen LogP contribution in [0, 0.1) is 0 Å². The molecular formula is C15H24ClNOS. The van der Waals surface area contributed by atoms with Gasteiger partial charge in [0.05, 0.1) is 11.0 Å². The molecule has 3 atom stereocenters. The van der Waals surface area contributed by atoms with Gasteiger partial charge in [0.25, 0.3) is 0 Å². The van der Waals surface area contributed by atoms with Gasteiger partial charge in [0.15, 0.2) is 0 Å². The molecular weight excluding hydrogens is 278 g/mol. The van der Waals surface area contributed by atoms with E-state index in [1.807, 2.05) is 31.3 Å². The lowest BCUT2D eigenvalue weighted by atomic mass is 10.1. The summed E-state index contributed by atoms with van der Waals surface area (Å²) in [7, 11) is 1.06. The molecule has 1 aromatic carbocycles. The van der Waals surface area contributed by atoms with Crippen LogP contribution in [0.3, 0.4) is 0 Å². The largest absolute Gasteiger partial charge is 0.316 e. The summed E-state index contributed by atoms with van der Waals surface area (Å²) in [6.45, 7) is 4.27. The van der Waals surface area contributed by atoms with Gasteiger partial charge in [0, 0.05) is 21.9 Å². The first-order valence-electron chi connectivity index (χ1n) is 6.91. The highest BCUT2D eigenvalue weighted by atomic mass is 35.5. The molecule has 0 radical (unpaired) electrons. The van der Waals surface area contributed by atoms with Crippen LogP contribution in [-0.2, 0) is 16.6 Å². The van der Waals surface area contributed by atoms with E-state index in [0.29, 0.717) is 16.8 Å². The Morgan fingerprint density at radius 2 is 2.00 bits per heavy atom. The van der Waals surface area contributed by atoms with Crippen molar-refractivity contribution in [1.29, 1.82) is 0 Å². The zero-order chi connectivity index (χ0) is 14.3. The number of nitrogens with one attached hydrogen (secondary N) is 1. The summed E-state index contributed by atoms with van der Waals surface area (Å²) in [4.78, 5) is 0. The zero-order valence-corrected chi connectivity index (χ0v) is 13.6. The molecule has 0 aromatic heterocycles. The van der Waals surface area contributed by atoms with E-state index in [4.69, 9.17) is 11.6 Å². The normalized spacial score (nSPS) is 16.0. The second-order valence-corrected chi connectivity index (χ2v) is 6.81. The Kier molecular flexibility index (Phi) is 7.66. The average molecular weight is 302 g/mol. The Hall–Kier alpha value is -0.380. The molecule has 0 saturated heterocycles. The van der Waals surface area contributed by atoms with Crippen molar-refractivity contribution in [2.75, 3.05) is 7.05 Å². The maximum Gasteiger partial charge on any atom is 0.0503 e. The molecule has 2 nitrogen and oxygen atoms in total. The molecule has 0 heterocycles. The summed E-state index contributed by atoms with van der Waals surface area (Å²) < 4.78 is 12.6. The van der Waals surface area contributed by atoms with Crippen LogP contribution in [-0.4, -0.2) is 22.5 Å². The molecule has 0 saturated carbocycles. The number of hydrogen-bond acceptors (Lipinski definition) is 2. The van der Waals surface area contributed by atoms with Crippen molar-refractivity contribution in [1.82, 2.24) is 5.32 Å². The van der Waals surface area contributed by atoms with E-state index in [2.05, 4.69) is 19.2 Å². The molecule has 1 rings (SSSR count). The van der Waals surface area contributed by atoms with Crippen molar-refractivity contribution < 1.29 is 4.21 Å². The van der Waals surface area contributed by atoms with Crippen molar-refractivity contribution in [2.45, 2.75) is 50.2 Å². The molecule has 4 heteroatoms. The van der Waals surface area contributed by atoms with E-state index < -0.39 is 10.8 Å². The predicted octanol–water partition coefficient (Wildman–Crippen LogP) is 3.76. The lowest BCUT2D eigenvalue weighted by molar-refractivity contribution is 0.480. The van der Waals surface area contributed by atoms with Gasteiger partial charge in [-0.25, -0.2) is 0 Å². The highest BCUT2D eigenvalue weighted by Crippen LogP contribution is 2.21. The van der Waals surface area contributed by atoms with Crippen LogP contribution < -0.4 is 5.32 Å². The molecule has 3 unspecified atom stereocenters. The first-order valence-corrected chi connectivity index (χ1v) is 8.67. The molecule has 19 heavy (non-hydrogen) atoms. The third-order valence-corrected chi connectivity index (χ3v) is 5.72. The molecule has 1 aromatic rings. The minimum atomic E-state index is -0.897. The minimum absolute atomic E-state index is 0.182. The molecule has 0 spiro atoms. The topological polar surface area (TPSA) is 29.1 Å². The van der Waals surface area contributed by atoms with Crippen LogP contribution >= 0.6 is 11.6 Å². The van der Waals surface area contributed by atoms with Gasteiger partial charge in [0.1, 0.15) is 0 Å². The van der Waals surface area contributed by atoms with E-state index in [0.717, 1.165) is 24.8 Å². The molecule has 0 fully saturated rings. The molecule has 0 aliphatic heterocycles. The van der Waals surface area contributed by atoms with Crippen molar-refractivity contribution in [3.63, 3.8) is 0 Å². The van der Waals surface area contributed by atoms with Crippen LogP contribution in [0.25, 0.3) is 0 Å². The van der Waals surface area contributed by atoms with Gasteiger partial charge in [-0.1, -0.05) is 50.1 Å². The molecule has 0 amide bonds. The summed E-state index contributed by atoms with van der Waals surface area (Å²) >= 11 is 6.14. The van der Waals surface area contributed by atoms with Crippen molar-refractivity contribution >= 4 is 22.4 Å². The second-order valence-electron chi connectivity index (χ2n) is 4.75. The molecule has 0 aliphatic carbocycles. The zero-order valence-electron chi connectivity index (χ0n) is 12.0. The second kappa shape index (κ2) is 8.72. The summed E-state index contributed by atoms with van der Waals surface area (Å²) in [5.41, 5.74) is 0.979. The van der Waals surface area contributed by atoms with Crippen molar-refractivity contribution in [3.8, 4) is 0 Å². The molecule has 0 aliphatic rings.